The molecule has 7 heteroatoms. The molecular formula is C14H21NO5S. The van der Waals surface area contributed by atoms with Crippen molar-refractivity contribution in [2.45, 2.75) is 32.8 Å². The second-order valence-electron chi connectivity index (χ2n) is 4.36. The molecule has 0 aliphatic heterocycles. The third kappa shape index (κ3) is 6.03. The molecule has 118 valence electrons. The van der Waals surface area contributed by atoms with Crippen LogP contribution in [0.25, 0.3) is 0 Å². The fourth-order valence-corrected chi connectivity index (χ4v) is 2.64. The Morgan fingerprint density at radius 1 is 1.38 bits per heavy atom. The van der Waals surface area contributed by atoms with Crippen LogP contribution in [0.1, 0.15) is 37.7 Å². The molecule has 0 spiro atoms. The molecule has 1 rings (SSSR count). The average molecular weight is 315 g/mol. The predicted molar refractivity (Wildman–Crippen MR) is 79.7 cm³/mol. The van der Waals surface area contributed by atoms with E-state index in [1.54, 1.807) is 6.92 Å². The van der Waals surface area contributed by atoms with Crippen molar-refractivity contribution >= 4 is 23.6 Å². The molecule has 0 aromatic carbocycles. The molecule has 1 atom stereocenters. The summed E-state index contributed by atoms with van der Waals surface area (Å²) >= 11 is 1.47. The number of amides is 1. The standard InChI is InChI=1S/C14H21NO5S/c1-3-8-15(13(16)17)9-7-11(12-6-5-10-21-12)20-14(18)19-4-2/h5-6,10-11H,3-4,7-9H2,1-2H3,(H,16,17)/t11-/m1/s1. The molecule has 1 aromatic rings. The van der Waals surface area contributed by atoms with Crippen LogP contribution >= 0.6 is 11.3 Å². The lowest BCUT2D eigenvalue weighted by Crippen LogP contribution is -2.32. The van der Waals surface area contributed by atoms with Crippen molar-refractivity contribution in [3.63, 3.8) is 0 Å². The molecule has 0 fully saturated rings. The smallest absolute Gasteiger partial charge is 0.465 e. The fourth-order valence-electron chi connectivity index (χ4n) is 1.85. The van der Waals surface area contributed by atoms with E-state index < -0.39 is 18.4 Å². The van der Waals surface area contributed by atoms with E-state index in [1.165, 1.54) is 16.2 Å². The highest BCUT2D eigenvalue weighted by atomic mass is 32.1. The minimum atomic E-state index is -0.960. The van der Waals surface area contributed by atoms with Crippen molar-refractivity contribution in [1.82, 2.24) is 4.90 Å². The summed E-state index contributed by atoms with van der Waals surface area (Å²) in [4.78, 5) is 24.8. The highest BCUT2D eigenvalue weighted by Crippen LogP contribution is 2.26. The Bertz CT molecular complexity index is 435. The van der Waals surface area contributed by atoms with E-state index in [2.05, 4.69) is 0 Å². The van der Waals surface area contributed by atoms with E-state index in [0.29, 0.717) is 19.5 Å². The quantitative estimate of drug-likeness (QED) is 0.739. The van der Waals surface area contributed by atoms with Crippen LogP contribution in [0.15, 0.2) is 17.5 Å². The summed E-state index contributed by atoms with van der Waals surface area (Å²) in [6, 6.07) is 3.72. The highest BCUT2D eigenvalue weighted by Gasteiger charge is 2.21. The molecule has 1 N–H and O–H groups in total. The molecule has 0 bridgehead atoms. The van der Waals surface area contributed by atoms with E-state index >= 15 is 0 Å². The van der Waals surface area contributed by atoms with Gasteiger partial charge in [0, 0.05) is 24.4 Å². The van der Waals surface area contributed by atoms with Crippen molar-refractivity contribution < 1.29 is 24.2 Å². The zero-order chi connectivity index (χ0) is 15.7. The van der Waals surface area contributed by atoms with Crippen LogP contribution in [0, 0.1) is 0 Å². The maximum atomic E-state index is 11.5. The first-order valence-corrected chi connectivity index (χ1v) is 7.81. The van der Waals surface area contributed by atoms with Crippen molar-refractivity contribution in [3.8, 4) is 0 Å². The fraction of sp³-hybridized carbons (Fsp3) is 0.571. The molecule has 0 saturated carbocycles. The highest BCUT2D eigenvalue weighted by molar-refractivity contribution is 7.10. The number of hydrogen-bond donors (Lipinski definition) is 1. The van der Waals surface area contributed by atoms with E-state index in [0.717, 1.165) is 11.3 Å². The molecule has 1 heterocycles. The van der Waals surface area contributed by atoms with Gasteiger partial charge in [-0.2, -0.15) is 0 Å². The van der Waals surface area contributed by atoms with Crippen LogP contribution in [0.5, 0.6) is 0 Å². The molecule has 6 nitrogen and oxygen atoms in total. The van der Waals surface area contributed by atoms with E-state index in [9.17, 15) is 9.59 Å². The van der Waals surface area contributed by atoms with Crippen LogP contribution in [-0.4, -0.2) is 42.0 Å². The Kier molecular flexibility index (Phi) is 7.60. The van der Waals surface area contributed by atoms with E-state index in [4.69, 9.17) is 14.6 Å². The SMILES string of the molecule is CCCN(CC[C@@H](OC(=O)OCC)c1cccs1)C(=O)O. The predicted octanol–water partition coefficient (Wildman–Crippen LogP) is 3.74. The number of thiophene rings is 1. The third-order valence-electron chi connectivity index (χ3n) is 2.79. The Labute approximate surface area is 128 Å². The van der Waals surface area contributed by atoms with Crippen molar-refractivity contribution in [3.05, 3.63) is 22.4 Å². The van der Waals surface area contributed by atoms with Gasteiger partial charge in [-0.05, 0) is 24.8 Å². The van der Waals surface area contributed by atoms with Gasteiger partial charge >= 0.3 is 12.2 Å². The maximum absolute atomic E-state index is 11.5. The zero-order valence-corrected chi connectivity index (χ0v) is 13.1. The number of rotatable bonds is 8. The zero-order valence-electron chi connectivity index (χ0n) is 12.3. The first-order chi connectivity index (χ1) is 10.1. The van der Waals surface area contributed by atoms with Crippen molar-refractivity contribution in [1.29, 1.82) is 0 Å². The molecule has 21 heavy (non-hydrogen) atoms. The van der Waals surface area contributed by atoms with E-state index in [-0.39, 0.29) is 6.61 Å². The van der Waals surface area contributed by atoms with Gasteiger partial charge in [-0.1, -0.05) is 13.0 Å². The minimum Gasteiger partial charge on any atom is -0.465 e. The number of carbonyl (C=O) groups is 2. The number of hydrogen-bond acceptors (Lipinski definition) is 5. The Hall–Kier alpha value is -1.76. The summed E-state index contributed by atoms with van der Waals surface area (Å²) in [6.07, 6.45) is -1.02. The lowest BCUT2D eigenvalue weighted by molar-refractivity contribution is 0.0209. The van der Waals surface area contributed by atoms with Gasteiger partial charge < -0.3 is 19.5 Å². The van der Waals surface area contributed by atoms with Gasteiger partial charge in [0.1, 0.15) is 6.10 Å². The summed E-state index contributed by atoms with van der Waals surface area (Å²) in [6.45, 7) is 4.64. The Morgan fingerprint density at radius 3 is 2.67 bits per heavy atom. The molecule has 1 aromatic heterocycles. The van der Waals surface area contributed by atoms with Crippen LogP contribution < -0.4 is 0 Å². The molecule has 1 amide bonds. The number of ether oxygens (including phenoxy) is 2. The van der Waals surface area contributed by atoms with Crippen molar-refractivity contribution in [2.75, 3.05) is 19.7 Å². The first kappa shape index (κ1) is 17.3. The van der Waals surface area contributed by atoms with Crippen LogP contribution in [0.4, 0.5) is 9.59 Å². The lowest BCUT2D eigenvalue weighted by Gasteiger charge is -2.22. The van der Waals surface area contributed by atoms with Gasteiger partial charge in [-0.3, -0.25) is 0 Å². The monoisotopic (exact) mass is 315 g/mol. The summed E-state index contributed by atoms with van der Waals surface area (Å²) < 4.78 is 10.1. The number of nitrogens with zero attached hydrogens (tertiary/aromatic N) is 1. The van der Waals surface area contributed by atoms with Gasteiger partial charge in [0.15, 0.2) is 0 Å². The van der Waals surface area contributed by atoms with Crippen LogP contribution in [-0.2, 0) is 9.47 Å². The summed E-state index contributed by atoms with van der Waals surface area (Å²) in [5.41, 5.74) is 0. The minimum absolute atomic E-state index is 0.243. The van der Waals surface area contributed by atoms with Gasteiger partial charge in [0.05, 0.1) is 6.61 Å². The maximum Gasteiger partial charge on any atom is 0.508 e. The molecule has 0 aliphatic carbocycles. The molecule has 0 radical (unpaired) electrons. The molecule has 0 aliphatic rings. The number of carbonyl (C=O) groups excluding carboxylic acids is 1. The summed E-state index contributed by atoms with van der Waals surface area (Å²) in [5.74, 6) is 0. The second kappa shape index (κ2) is 9.23. The molecule has 0 saturated heterocycles. The molecular weight excluding hydrogens is 294 g/mol. The number of carboxylic acid groups (broad SMARTS) is 1. The van der Waals surface area contributed by atoms with E-state index in [1.807, 2.05) is 24.4 Å². The first-order valence-electron chi connectivity index (χ1n) is 6.93. The average Bonchev–Trinajstić information content (AvgIpc) is 2.95. The van der Waals surface area contributed by atoms with Gasteiger partial charge in [-0.25, -0.2) is 9.59 Å². The Morgan fingerprint density at radius 2 is 2.14 bits per heavy atom. The van der Waals surface area contributed by atoms with Gasteiger partial charge in [0.2, 0.25) is 0 Å². The van der Waals surface area contributed by atoms with Crippen LogP contribution in [0.2, 0.25) is 0 Å². The summed E-state index contributed by atoms with van der Waals surface area (Å²) in [7, 11) is 0. The largest absolute Gasteiger partial charge is 0.508 e. The van der Waals surface area contributed by atoms with Crippen LogP contribution in [0.3, 0.4) is 0 Å². The van der Waals surface area contributed by atoms with Crippen molar-refractivity contribution in [2.24, 2.45) is 0 Å². The lowest BCUT2D eigenvalue weighted by atomic mass is 10.2. The van der Waals surface area contributed by atoms with Gasteiger partial charge in [0.25, 0.3) is 0 Å². The normalized spacial score (nSPS) is 11.7. The second-order valence-corrected chi connectivity index (χ2v) is 5.34. The summed E-state index contributed by atoms with van der Waals surface area (Å²) in [5, 5.41) is 11.0. The van der Waals surface area contributed by atoms with Gasteiger partial charge in [-0.15, -0.1) is 11.3 Å². The topological polar surface area (TPSA) is 76.1 Å². The third-order valence-corrected chi connectivity index (χ3v) is 3.75. The Balaban J connectivity index is 2.64. The molecule has 0 unspecified atom stereocenters.